The van der Waals surface area contributed by atoms with Crippen LogP contribution in [0.1, 0.15) is 0 Å². The number of nitrogens with zero attached hydrogens (tertiary/aromatic N) is 4. The summed E-state index contributed by atoms with van der Waals surface area (Å²) >= 11 is 0. The molecule has 0 bridgehead atoms. The van der Waals surface area contributed by atoms with Crippen LogP contribution in [0.5, 0.6) is 0 Å². The second kappa shape index (κ2) is 8.48. The first-order valence-corrected chi connectivity index (χ1v) is 8.21. The molecule has 1 aliphatic rings. The van der Waals surface area contributed by atoms with Gasteiger partial charge in [0.2, 0.25) is 0 Å². The molecule has 0 aliphatic carbocycles. The van der Waals surface area contributed by atoms with E-state index in [1.165, 1.54) is 5.39 Å². The maximum absolute atomic E-state index is 4.52. The van der Waals surface area contributed by atoms with E-state index in [1.54, 1.807) is 0 Å². The Bertz CT molecular complexity index is 901. The molecule has 25 heavy (non-hydrogen) atoms. The third kappa shape index (κ3) is 3.87. The fourth-order valence-corrected chi connectivity index (χ4v) is 3.00. The first-order valence-electron chi connectivity index (χ1n) is 8.21. The van der Waals surface area contributed by atoms with Gasteiger partial charge >= 0.3 is 21.1 Å². The van der Waals surface area contributed by atoms with Crippen molar-refractivity contribution in [2.75, 3.05) is 26.2 Å². The van der Waals surface area contributed by atoms with Crippen LogP contribution in [0.2, 0.25) is 0 Å². The summed E-state index contributed by atoms with van der Waals surface area (Å²) in [6.45, 7) is 3.83. The van der Waals surface area contributed by atoms with Crippen molar-refractivity contribution in [3.05, 3.63) is 71.6 Å². The average molecular weight is 509 g/mol. The zero-order valence-electron chi connectivity index (χ0n) is 13.7. The van der Waals surface area contributed by atoms with E-state index in [9.17, 15) is 0 Å². The molecule has 2 aromatic heterocycles. The van der Waals surface area contributed by atoms with Gasteiger partial charge in [-0.25, -0.2) is 0 Å². The fraction of sp³-hybridized carbons (Fsp3) is 0.200. The van der Waals surface area contributed by atoms with E-state index in [0.29, 0.717) is 0 Å². The molecule has 0 radical (unpaired) electrons. The van der Waals surface area contributed by atoms with Gasteiger partial charge in [0.15, 0.2) is 0 Å². The van der Waals surface area contributed by atoms with Gasteiger partial charge in [-0.2, -0.15) is 26.2 Å². The zero-order valence-corrected chi connectivity index (χ0v) is 16.0. The van der Waals surface area contributed by atoms with Crippen LogP contribution in [-0.4, -0.2) is 36.1 Å². The molecule has 1 saturated heterocycles. The number of pyridine rings is 2. The van der Waals surface area contributed by atoms with Gasteiger partial charge in [0.1, 0.15) is 0 Å². The zero-order chi connectivity index (χ0) is 16.2. The summed E-state index contributed by atoms with van der Waals surface area (Å²) in [6.07, 6.45) is 3.67. The number of aromatic nitrogens is 2. The Morgan fingerprint density at radius 1 is 0.600 bits per heavy atom. The quantitative estimate of drug-likeness (QED) is 0.323. The van der Waals surface area contributed by atoms with E-state index < -0.39 is 0 Å². The summed E-state index contributed by atoms with van der Waals surface area (Å²) in [5.74, 6) is 0. The van der Waals surface area contributed by atoms with Crippen LogP contribution in [0.4, 0.5) is 0 Å². The van der Waals surface area contributed by atoms with Crippen LogP contribution in [0.3, 0.4) is 0 Å². The van der Waals surface area contributed by atoms with Crippen molar-refractivity contribution in [2.45, 2.75) is 0 Å². The van der Waals surface area contributed by atoms with Crippen molar-refractivity contribution in [3.63, 3.8) is 0 Å². The normalized spacial score (nSPS) is 13.9. The Morgan fingerprint density at radius 2 is 1.04 bits per heavy atom. The summed E-state index contributed by atoms with van der Waals surface area (Å²) < 4.78 is 0. The van der Waals surface area contributed by atoms with Gasteiger partial charge in [-0.3, -0.25) is 9.97 Å². The minimum atomic E-state index is 0. The summed E-state index contributed by atoms with van der Waals surface area (Å²) in [5.41, 5.74) is 2.05. The third-order valence-electron chi connectivity index (χ3n) is 4.16. The maximum atomic E-state index is 4.52. The Morgan fingerprint density at radius 3 is 1.48 bits per heavy atom. The minimum absolute atomic E-state index is 0. The number of hydrogen-bond acceptors (Lipinski definition) is 2. The first kappa shape index (κ1) is 17.9. The van der Waals surface area contributed by atoms with Gasteiger partial charge in [0.25, 0.3) is 0 Å². The Labute approximate surface area is 161 Å². The van der Waals surface area contributed by atoms with Gasteiger partial charge in [0, 0.05) is 28.6 Å². The van der Waals surface area contributed by atoms with Crippen LogP contribution in [0.25, 0.3) is 43.2 Å². The largest absolute Gasteiger partial charge is 2.00 e. The molecule has 0 unspecified atom stereocenters. The number of rotatable bonds is 0. The number of benzene rings is 2. The van der Waals surface area contributed by atoms with E-state index in [1.807, 2.05) is 24.5 Å². The van der Waals surface area contributed by atoms with Gasteiger partial charge in [-0.1, -0.05) is 36.4 Å². The summed E-state index contributed by atoms with van der Waals surface area (Å²) in [5, 5.41) is 12.8. The summed E-state index contributed by atoms with van der Waals surface area (Å²) in [4.78, 5) is 9.04. The molecular weight excluding hydrogens is 491 g/mol. The molecule has 4 aromatic rings. The standard InChI is InChI=1S/C16H10N2.C4H8N2.Pt/c1-3-12-7-5-11-6-8-13-4-2-10-18-16(13)14(11)15(12)17-9-1;1-2-6-4-3-5-1;/h1-10H;1-4H2;/q;-2;+2. The molecule has 1 fully saturated rings. The van der Waals surface area contributed by atoms with Crippen molar-refractivity contribution in [1.82, 2.24) is 9.97 Å². The molecule has 5 heteroatoms. The van der Waals surface area contributed by atoms with Gasteiger partial charge < -0.3 is 10.6 Å². The molecule has 0 N–H and O–H groups in total. The van der Waals surface area contributed by atoms with Crippen molar-refractivity contribution in [2.24, 2.45) is 0 Å². The van der Waals surface area contributed by atoms with Crippen LogP contribution in [0.15, 0.2) is 60.9 Å². The molecule has 1 aliphatic heterocycles. The van der Waals surface area contributed by atoms with Crippen LogP contribution in [0, 0.1) is 0 Å². The second-order valence-electron chi connectivity index (χ2n) is 5.72. The Kier molecular flexibility index (Phi) is 6.08. The molecule has 3 heterocycles. The first-order chi connectivity index (χ1) is 11.9. The molecule has 128 valence electrons. The summed E-state index contributed by atoms with van der Waals surface area (Å²) in [6, 6.07) is 16.6. The third-order valence-corrected chi connectivity index (χ3v) is 4.16. The van der Waals surface area contributed by atoms with Crippen molar-refractivity contribution in [3.8, 4) is 0 Å². The van der Waals surface area contributed by atoms with E-state index in [0.717, 1.165) is 53.4 Å². The molecule has 0 spiro atoms. The second-order valence-corrected chi connectivity index (χ2v) is 5.72. The Balaban J connectivity index is 0.000000224. The van der Waals surface area contributed by atoms with Crippen molar-refractivity contribution < 1.29 is 21.1 Å². The number of hydrogen-bond donors (Lipinski definition) is 0. The Hall–Kier alpha value is -1.87. The molecule has 4 nitrogen and oxygen atoms in total. The number of piperazine rings is 1. The molecule has 5 rings (SSSR count). The SMILES string of the molecule is C1C[N-]CC[N-]1.[Pt+2].c1cnc2c(c1)ccc1ccc3cccnc3c12. The van der Waals surface area contributed by atoms with Crippen LogP contribution < -0.4 is 0 Å². The maximum Gasteiger partial charge on any atom is 2.00 e. The molecule has 0 saturated carbocycles. The average Bonchev–Trinajstić information content (AvgIpc) is 2.69. The van der Waals surface area contributed by atoms with Crippen LogP contribution in [-0.2, 0) is 21.1 Å². The smallest absolute Gasteiger partial charge is 0.665 e. The van der Waals surface area contributed by atoms with Crippen molar-refractivity contribution >= 4 is 32.6 Å². The predicted octanol–water partition coefficient (Wildman–Crippen LogP) is 4.68. The molecule has 0 amide bonds. The molecule has 2 aromatic carbocycles. The topological polar surface area (TPSA) is 54.0 Å². The summed E-state index contributed by atoms with van der Waals surface area (Å²) in [7, 11) is 0. The predicted molar refractivity (Wildman–Crippen MR) is 101 cm³/mol. The monoisotopic (exact) mass is 509 g/mol. The van der Waals surface area contributed by atoms with E-state index in [-0.39, 0.29) is 21.1 Å². The minimum Gasteiger partial charge on any atom is -0.665 e. The fourth-order valence-electron chi connectivity index (χ4n) is 3.00. The van der Waals surface area contributed by atoms with E-state index in [2.05, 4.69) is 57.0 Å². The van der Waals surface area contributed by atoms with Crippen molar-refractivity contribution in [1.29, 1.82) is 0 Å². The van der Waals surface area contributed by atoms with Gasteiger partial charge in [-0.15, -0.1) is 0 Å². The van der Waals surface area contributed by atoms with E-state index >= 15 is 0 Å². The van der Waals surface area contributed by atoms with E-state index in [4.69, 9.17) is 0 Å². The van der Waals surface area contributed by atoms with Crippen LogP contribution >= 0.6 is 0 Å². The number of fused-ring (bicyclic) bond motifs is 5. The molecule has 0 atom stereocenters. The van der Waals surface area contributed by atoms with Gasteiger partial charge in [-0.05, 0) is 17.5 Å². The molecular formula is C20H18N4Pt. The van der Waals surface area contributed by atoms with Gasteiger partial charge in [0.05, 0.1) is 11.0 Å².